The fourth-order valence-corrected chi connectivity index (χ4v) is 15.2. The Kier molecular flexibility index (Phi) is 21.4. The van der Waals surface area contributed by atoms with Crippen molar-refractivity contribution in [2.24, 2.45) is 34.0 Å². The molecular weight excluding hydrogens is 1070 g/mol. The monoisotopic (exact) mass is 1170 g/mol. The van der Waals surface area contributed by atoms with E-state index in [-0.39, 0.29) is 24.7 Å². The lowest BCUT2D eigenvalue weighted by Gasteiger charge is -2.64. The number of hydrogen-bond acceptors (Lipinski definition) is 25. The number of carbonyl (C=O) groups excluding carboxylic acids is 1. The second kappa shape index (κ2) is 25.9. The van der Waals surface area contributed by atoms with Crippen LogP contribution in [0.4, 0.5) is 0 Å². The van der Waals surface area contributed by atoms with Crippen LogP contribution in [-0.4, -0.2) is 266 Å². The highest BCUT2D eigenvalue weighted by atomic mass is 16.8. The first-order valence-corrected chi connectivity index (χ1v) is 28.6. The van der Waals surface area contributed by atoms with Crippen LogP contribution < -0.4 is 5.32 Å². The summed E-state index contributed by atoms with van der Waals surface area (Å²) in [7, 11) is 0. The number of nitrogens with one attached hydrogen (secondary N) is 1. The van der Waals surface area contributed by atoms with E-state index in [1.165, 1.54) is 13.8 Å². The van der Waals surface area contributed by atoms with Crippen LogP contribution in [0.25, 0.3) is 0 Å². The van der Waals surface area contributed by atoms with Crippen molar-refractivity contribution >= 4 is 5.91 Å². The largest absolute Gasteiger partial charge is 0.394 e. The molecule has 7 fully saturated rings. The lowest BCUT2D eigenvalue weighted by molar-refractivity contribution is -0.394. The summed E-state index contributed by atoms with van der Waals surface area (Å²) in [6.07, 6.45) is -28.8. The van der Waals surface area contributed by atoms with E-state index in [0.717, 1.165) is 6.92 Å². The molecule has 3 saturated carbocycles. The third-order valence-corrected chi connectivity index (χ3v) is 19.7. The van der Waals surface area contributed by atoms with Gasteiger partial charge in [-0.1, -0.05) is 39.3 Å². The van der Waals surface area contributed by atoms with Gasteiger partial charge in [0.15, 0.2) is 25.2 Å². The van der Waals surface area contributed by atoms with Crippen molar-refractivity contribution in [3.05, 3.63) is 11.6 Å². The number of fused-ring (bicyclic) bond motifs is 3. The van der Waals surface area contributed by atoms with Gasteiger partial charge in [0.2, 0.25) is 5.91 Å². The van der Waals surface area contributed by atoms with Crippen LogP contribution in [0.5, 0.6) is 0 Å². The zero-order chi connectivity index (χ0) is 60.2. The van der Waals surface area contributed by atoms with Crippen molar-refractivity contribution in [3.8, 4) is 0 Å². The molecule has 0 unspecified atom stereocenters. The van der Waals surface area contributed by atoms with Gasteiger partial charge in [-0.25, -0.2) is 0 Å². The van der Waals surface area contributed by atoms with Gasteiger partial charge in [-0.2, -0.15) is 0 Å². The molecule has 7 aliphatic rings. The average Bonchev–Trinajstić information content (AvgIpc) is 3.26. The van der Waals surface area contributed by atoms with Crippen LogP contribution in [-0.2, 0) is 42.7 Å². The van der Waals surface area contributed by atoms with E-state index in [0.29, 0.717) is 44.1 Å². The molecule has 30 atom stereocenters. The second-order valence-electron chi connectivity index (χ2n) is 26.0. The standard InChI is InChI=1S/C55H95NO25/c1-23(17-27(61)46(71)55(9,73)22-58)11-10-14-54(8,72)45-26(60)18-32-52(6)16-13-33(51(4,5)31(52)12-15-53(32,45)7)79-50-44(41(69)38(66)30(78-50)21-75-48-42(70)36(64)28(62)20-74-48)81-49-43(40(68)35(63)24(2)76-49)80-47-34(56-25(3)59)39(67)37(65)29(19-57)77-47/h11,24,26-50,57-58,60-73H,10,12-22H2,1-9H3,(H,56,59)/b23-11+/t24-,26+,27-,28+,29+,30+,31-,32+,33-,34+,35-,36-,37+,38+,39+,40+,41-,42+,43+,44+,45+,46+,47-,48-,49-,50-,52-,53+,54+,55-/m0/s1. The van der Waals surface area contributed by atoms with Crippen molar-refractivity contribution in [2.75, 3.05) is 26.4 Å². The Morgan fingerprint density at radius 3 is 1.93 bits per heavy atom. The summed E-state index contributed by atoms with van der Waals surface area (Å²) in [5, 5.41) is 177. The van der Waals surface area contributed by atoms with Crippen LogP contribution in [0.1, 0.15) is 114 Å². The zero-order valence-electron chi connectivity index (χ0n) is 47.9. The minimum Gasteiger partial charge on any atom is -0.394 e. The Labute approximate surface area is 472 Å². The molecular formula is C55H95NO25. The number of aliphatic hydroxyl groups is 16. The molecule has 4 aliphatic heterocycles. The summed E-state index contributed by atoms with van der Waals surface area (Å²) in [6.45, 7) is 13.2. The van der Waals surface area contributed by atoms with Crippen molar-refractivity contribution in [1.29, 1.82) is 0 Å². The molecule has 7 rings (SSSR count). The summed E-state index contributed by atoms with van der Waals surface area (Å²) >= 11 is 0. The molecule has 0 aromatic heterocycles. The molecule has 0 spiro atoms. The first kappa shape index (κ1) is 66.8. The van der Waals surface area contributed by atoms with Gasteiger partial charge >= 0.3 is 0 Å². The first-order chi connectivity index (χ1) is 37.7. The SMILES string of the molecule is CC(=O)N[C@H]1[C@H](O[C@H]2[C@H](O[C@H]3[C@H](O[C@H]4CC[C@]5(C)[C@H]6C[C@@H](O)[C@@H]([C@](C)(O)CC/C=C(\C)C[C@H](O)[C@@H](O)[C@@](C)(O)CO)[C@]6(C)CC[C@H]5C4(C)C)O[C@H](CO[C@@H]4OC[C@@H](O)[C@H](O)[C@H]4O)[C@@H](O)[C@@H]3O)O[C@@H](C)[C@H](O)[C@H]2O)O[C@H](CO)[C@@H](O)[C@@H]1O. The van der Waals surface area contributed by atoms with E-state index >= 15 is 0 Å². The lowest BCUT2D eigenvalue weighted by atomic mass is 9.42. The molecule has 0 radical (unpaired) electrons. The molecule has 3 aliphatic carbocycles. The molecule has 0 bridgehead atoms. The minimum absolute atomic E-state index is 0.0205. The van der Waals surface area contributed by atoms with E-state index in [1.54, 1.807) is 13.8 Å². The number of carbonyl (C=O) groups is 1. The lowest BCUT2D eigenvalue weighted by Crippen LogP contribution is -2.68. The molecule has 1 amide bonds. The van der Waals surface area contributed by atoms with Crippen LogP contribution in [0, 0.1) is 34.0 Å². The maximum absolute atomic E-state index is 12.3. The van der Waals surface area contributed by atoms with Crippen LogP contribution in [0.3, 0.4) is 0 Å². The number of aliphatic hydroxyl groups excluding tert-OH is 14. The summed E-state index contributed by atoms with van der Waals surface area (Å²) in [5.74, 6) is -1.33. The molecule has 470 valence electrons. The van der Waals surface area contributed by atoms with Gasteiger partial charge in [0, 0.05) is 12.8 Å². The van der Waals surface area contributed by atoms with Gasteiger partial charge in [-0.3, -0.25) is 4.79 Å². The molecule has 0 aromatic rings. The molecule has 26 nitrogen and oxygen atoms in total. The maximum atomic E-state index is 12.3. The molecule has 26 heteroatoms. The molecule has 4 heterocycles. The second-order valence-corrected chi connectivity index (χ2v) is 26.0. The van der Waals surface area contributed by atoms with E-state index in [4.69, 9.17) is 37.9 Å². The summed E-state index contributed by atoms with van der Waals surface area (Å²) in [6, 6.07) is -1.50. The molecule has 0 aromatic carbocycles. The van der Waals surface area contributed by atoms with Gasteiger partial charge in [0.1, 0.15) is 97.1 Å². The van der Waals surface area contributed by atoms with Gasteiger partial charge in [-0.15, -0.1) is 0 Å². The smallest absolute Gasteiger partial charge is 0.217 e. The Balaban J connectivity index is 1.13. The summed E-state index contributed by atoms with van der Waals surface area (Å²) in [5.41, 5.74) is -4.16. The summed E-state index contributed by atoms with van der Waals surface area (Å²) in [4.78, 5) is 12.3. The number of ether oxygens (including phenoxy) is 8. The molecule has 4 saturated heterocycles. The van der Waals surface area contributed by atoms with Gasteiger partial charge in [-0.05, 0) is 107 Å². The van der Waals surface area contributed by atoms with Gasteiger partial charge in [0.05, 0.1) is 56.4 Å². The van der Waals surface area contributed by atoms with Crippen LogP contribution in [0.2, 0.25) is 0 Å². The van der Waals surface area contributed by atoms with Crippen molar-refractivity contribution in [1.82, 2.24) is 5.32 Å². The zero-order valence-corrected chi connectivity index (χ0v) is 47.9. The average molecular weight is 1170 g/mol. The van der Waals surface area contributed by atoms with E-state index in [2.05, 4.69) is 33.0 Å². The van der Waals surface area contributed by atoms with Crippen molar-refractivity contribution in [2.45, 2.75) is 266 Å². The molecule has 81 heavy (non-hydrogen) atoms. The Morgan fingerprint density at radius 1 is 0.704 bits per heavy atom. The topological polar surface area (TPSA) is 427 Å². The minimum atomic E-state index is -1.91. The Hall–Kier alpha value is -1.75. The van der Waals surface area contributed by atoms with Gasteiger partial charge < -0.3 is 125 Å². The number of amides is 1. The van der Waals surface area contributed by atoms with Crippen LogP contribution in [0.15, 0.2) is 11.6 Å². The third kappa shape index (κ3) is 13.4. The quantitative estimate of drug-likeness (QED) is 0.0408. The maximum Gasteiger partial charge on any atom is 0.217 e. The van der Waals surface area contributed by atoms with Crippen LogP contribution >= 0.6 is 0 Å². The van der Waals surface area contributed by atoms with E-state index < -0.39 is 207 Å². The predicted molar refractivity (Wildman–Crippen MR) is 278 cm³/mol. The van der Waals surface area contributed by atoms with Crippen molar-refractivity contribution in [3.63, 3.8) is 0 Å². The normalized spacial score (nSPS) is 48.0. The Morgan fingerprint density at radius 2 is 1.30 bits per heavy atom. The highest BCUT2D eigenvalue weighted by Crippen LogP contribution is 2.71. The number of hydrogen-bond donors (Lipinski definition) is 17. The third-order valence-electron chi connectivity index (χ3n) is 19.7. The fourth-order valence-electron chi connectivity index (χ4n) is 15.2. The Bertz CT molecular complexity index is 2110. The molecule has 17 N–H and O–H groups in total. The number of rotatable bonds is 20. The number of allylic oxidation sites excluding steroid dienone is 1. The predicted octanol–water partition coefficient (Wildman–Crippen LogP) is -3.97. The summed E-state index contributed by atoms with van der Waals surface area (Å²) < 4.78 is 49.1. The highest BCUT2D eigenvalue weighted by molar-refractivity contribution is 5.73. The highest BCUT2D eigenvalue weighted by Gasteiger charge is 2.69. The first-order valence-electron chi connectivity index (χ1n) is 28.6. The van der Waals surface area contributed by atoms with Crippen molar-refractivity contribution < 1.29 is 124 Å². The van der Waals surface area contributed by atoms with Gasteiger partial charge in [0.25, 0.3) is 0 Å². The van der Waals surface area contributed by atoms with E-state index in [1.807, 2.05) is 6.08 Å². The van der Waals surface area contributed by atoms with E-state index in [9.17, 15) is 86.5 Å². The fraction of sp³-hybridized carbons (Fsp3) is 0.945.